The number of nitrogens with zero attached hydrogens (tertiary/aromatic N) is 4. The molecule has 5 heteroatoms. The molecular formula is C15H17N5. The predicted molar refractivity (Wildman–Crippen MR) is 80.2 cm³/mol. The number of hydrogen-bond donors (Lipinski definition) is 1. The Hall–Kier alpha value is -2.43. The van der Waals surface area contributed by atoms with E-state index >= 15 is 0 Å². The molecule has 0 aliphatic carbocycles. The van der Waals surface area contributed by atoms with Crippen LogP contribution in [0.15, 0.2) is 36.7 Å². The fourth-order valence-electron chi connectivity index (χ4n) is 2.27. The van der Waals surface area contributed by atoms with Crippen LogP contribution in [-0.2, 0) is 6.42 Å². The van der Waals surface area contributed by atoms with Gasteiger partial charge in [-0.3, -0.25) is 4.57 Å². The van der Waals surface area contributed by atoms with E-state index in [0.29, 0.717) is 5.95 Å². The second kappa shape index (κ2) is 5.28. The normalized spacial score (nSPS) is 10.9. The molecule has 2 heterocycles. The topological polar surface area (TPSA) is 55.6 Å². The van der Waals surface area contributed by atoms with Gasteiger partial charge in [0.1, 0.15) is 5.82 Å². The lowest BCUT2D eigenvalue weighted by Crippen LogP contribution is -2.08. The van der Waals surface area contributed by atoms with Crippen LogP contribution in [0.2, 0.25) is 0 Å². The summed E-state index contributed by atoms with van der Waals surface area (Å²) in [5.41, 5.74) is 0.934. The zero-order valence-corrected chi connectivity index (χ0v) is 11.7. The molecule has 0 unspecified atom stereocenters. The Kier molecular flexibility index (Phi) is 3.33. The second-order valence-electron chi connectivity index (χ2n) is 4.49. The lowest BCUT2D eigenvalue weighted by molar-refractivity contribution is 0.870. The summed E-state index contributed by atoms with van der Waals surface area (Å²) in [6, 6.07) is 8.04. The molecule has 3 aromatic rings. The predicted octanol–water partition coefficient (Wildman–Crippen LogP) is 2.81. The molecule has 0 radical (unpaired) electrons. The number of rotatable bonds is 4. The molecule has 1 N–H and O–H groups in total. The van der Waals surface area contributed by atoms with E-state index in [4.69, 9.17) is 0 Å². The molecular weight excluding hydrogens is 250 g/mol. The lowest BCUT2D eigenvalue weighted by atomic mass is 10.2. The monoisotopic (exact) mass is 267 g/mol. The number of nitrogens with one attached hydrogen (secondary N) is 1. The molecule has 0 amide bonds. The Morgan fingerprint density at radius 2 is 2.00 bits per heavy atom. The summed E-state index contributed by atoms with van der Waals surface area (Å²) in [7, 11) is 0. The van der Waals surface area contributed by atoms with E-state index in [1.54, 1.807) is 0 Å². The van der Waals surface area contributed by atoms with Gasteiger partial charge in [0.2, 0.25) is 5.95 Å². The standard InChI is InChI=1S/C15H17N5/c1-3-13-17-9-10-20(13)14-11-7-5-6-8-12(11)18-15(19-14)16-4-2/h5-10H,3-4H2,1-2H3,(H,16,18,19). The average molecular weight is 267 g/mol. The van der Waals surface area contributed by atoms with Gasteiger partial charge in [-0.05, 0) is 19.1 Å². The number of para-hydroxylation sites is 1. The SMILES string of the molecule is CCNc1nc(-n2ccnc2CC)c2ccccc2n1. The summed E-state index contributed by atoms with van der Waals surface area (Å²) < 4.78 is 2.03. The van der Waals surface area contributed by atoms with Gasteiger partial charge in [-0.15, -0.1) is 0 Å². The van der Waals surface area contributed by atoms with Crippen molar-refractivity contribution in [2.45, 2.75) is 20.3 Å². The average Bonchev–Trinajstić information content (AvgIpc) is 2.95. The van der Waals surface area contributed by atoms with Gasteiger partial charge in [-0.2, -0.15) is 4.98 Å². The van der Waals surface area contributed by atoms with Gasteiger partial charge in [0, 0.05) is 30.7 Å². The Balaban J connectivity index is 2.27. The van der Waals surface area contributed by atoms with Gasteiger partial charge in [-0.1, -0.05) is 19.1 Å². The Morgan fingerprint density at radius 3 is 2.80 bits per heavy atom. The minimum atomic E-state index is 0.650. The zero-order valence-electron chi connectivity index (χ0n) is 11.7. The fraction of sp³-hybridized carbons (Fsp3) is 0.267. The second-order valence-corrected chi connectivity index (χ2v) is 4.49. The summed E-state index contributed by atoms with van der Waals surface area (Å²) in [6.07, 6.45) is 4.62. The number of fused-ring (bicyclic) bond motifs is 1. The van der Waals surface area contributed by atoms with Gasteiger partial charge in [0.05, 0.1) is 5.52 Å². The van der Waals surface area contributed by atoms with Crippen LogP contribution in [0.25, 0.3) is 16.7 Å². The minimum absolute atomic E-state index is 0.650. The third-order valence-corrected chi connectivity index (χ3v) is 3.18. The van der Waals surface area contributed by atoms with Crippen molar-refractivity contribution in [3.8, 4) is 5.82 Å². The first-order chi connectivity index (χ1) is 9.83. The van der Waals surface area contributed by atoms with Crippen LogP contribution in [0.1, 0.15) is 19.7 Å². The van der Waals surface area contributed by atoms with E-state index in [9.17, 15) is 0 Å². The van der Waals surface area contributed by atoms with Gasteiger partial charge in [-0.25, -0.2) is 9.97 Å². The van der Waals surface area contributed by atoms with Gasteiger partial charge < -0.3 is 5.32 Å². The molecule has 1 aromatic carbocycles. The molecule has 0 aliphatic heterocycles. The number of aryl methyl sites for hydroxylation is 1. The Bertz CT molecular complexity index is 732. The van der Waals surface area contributed by atoms with Crippen LogP contribution in [0.3, 0.4) is 0 Å². The summed E-state index contributed by atoms with van der Waals surface area (Å²) in [6.45, 7) is 4.92. The lowest BCUT2D eigenvalue weighted by Gasteiger charge is -2.11. The first-order valence-corrected chi connectivity index (χ1v) is 6.86. The maximum atomic E-state index is 4.64. The number of imidazole rings is 1. The van der Waals surface area contributed by atoms with Gasteiger partial charge in [0.25, 0.3) is 0 Å². The van der Waals surface area contributed by atoms with E-state index in [1.165, 1.54) is 0 Å². The minimum Gasteiger partial charge on any atom is -0.354 e. The van der Waals surface area contributed by atoms with E-state index in [1.807, 2.05) is 48.1 Å². The summed E-state index contributed by atoms with van der Waals surface area (Å²) >= 11 is 0. The van der Waals surface area contributed by atoms with Crippen molar-refractivity contribution >= 4 is 16.9 Å². The third-order valence-electron chi connectivity index (χ3n) is 3.18. The first kappa shape index (κ1) is 12.6. The Labute approximate surface area is 117 Å². The molecule has 0 spiro atoms. The van der Waals surface area contributed by atoms with Crippen molar-refractivity contribution in [1.29, 1.82) is 0 Å². The number of benzene rings is 1. The Morgan fingerprint density at radius 1 is 1.15 bits per heavy atom. The number of anilines is 1. The van der Waals surface area contributed by atoms with E-state index in [2.05, 4.69) is 27.2 Å². The molecule has 0 bridgehead atoms. The van der Waals surface area contributed by atoms with Crippen LogP contribution in [0.5, 0.6) is 0 Å². The molecule has 20 heavy (non-hydrogen) atoms. The van der Waals surface area contributed by atoms with Gasteiger partial charge in [0.15, 0.2) is 5.82 Å². The van der Waals surface area contributed by atoms with Crippen molar-refractivity contribution in [1.82, 2.24) is 19.5 Å². The van der Waals surface area contributed by atoms with Gasteiger partial charge >= 0.3 is 0 Å². The zero-order chi connectivity index (χ0) is 13.9. The van der Waals surface area contributed by atoms with Crippen LogP contribution in [-0.4, -0.2) is 26.1 Å². The van der Waals surface area contributed by atoms with Crippen molar-refractivity contribution in [2.24, 2.45) is 0 Å². The number of aromatic nitrogens is 4. The first-order valence-electron chi connectivity index (χ1n) is 6.86. The molecule has 2 aromatic heterocycles. The molecule has 0 fully saturated rings. The smallest absolute Gasteiger partial charge is 0.225 e. The highest BCUT2D eigenvalue weighted by Gasteiger charge is 2.11. The largest absolute Gasteiger partial charge is 0.354 e. The fourth-order valence-corrected chi connectivity index (χ4v) is 2.27. The van der Waals surface area contributed by atoms with E-state index < -0.39 is 0 Å². The molecule has 3 rings (SSSR count). The molecule has 0 atom stereocenters. The number of hydrogen-bond acceptors (Lipinski definition) is 4. The summed E-state index contributed by atoms with van der Waals surface area (Å²) in [5.74, 6) is 2.52. The quantitative estimate of drug-likeness (QED) is 0.789. The van der Waals surface area contributed by atoms with Crippen molar-refractivity contribution in [2.75, 3.05) is 11.9 Å². The molecule has 5 nitrogen and oxygen atoms in total. The highest BCUT2D eigenvalue weighted by molar-refractivity contribution is 5.86. The van der Waals surface area contributed by atoms with E-state index in [-0.39, 0.29) is 0 Å². The maximum absolute atomic E-state index is 4.64. The molecule has 102 valence electrons. The van der Waals surface area contributed by atoms with Crippen molar-refractivity contribution in [3.63, 3.8) is 0 Å². The maximum Gasteiger partial charge on any atom is 0.225 e. The molecule has 0 aliphatic rings. The van der Waals surface area contributed by atoms with Crippen LogP contribution < -0.4 is 5.32 Å². The van der Waals surface area contributed by atoms with Crippen LogP contribution in [0.4, 0.5) is 5.95 Å². The van der Waals surface area contributed by atoms with Crippen LogP contribution in [0, 0.1) is 0 Å². The highest BCUT2D eigenvalue weighted by Crippen LogP contribution is 2.22. The van der Waals surface area contributed by atoms with Crippen LogP contribution >= 0.6 is 0 Å². The summed E-state index contributed by atoms with van der Waals surface area (Å²) in [5, 5.41) is 4.21. The highest BCUT2D eigenvalue weighted by atomic mass is 15.2. The third kappa shape index (κ3) is 2.11. The van der Waals surface area contributed by atoms with E-state index in [0.717, 1.165) is 35.5 Å². The summed E-state index contributed by atoms with van der Waals surface area (Å²) in [4.78, 5) is 13.6. The van der Waals surface area contributed by atoms with Crippen molar-refractivity contribution in [3.05, 3.63) is 42.5 Å². The van der Waals surface area contributed by atoms with Crippen molar-refractivity contribution < 1.29 is 0 Å². The molecule has 0 saturated heterocycles. The molecule has 0 saturated carbocycles.